The lowest BCUT2D eigenvalue weighted by molar-refractivity contribution is 0.111. The highest BCUT2D eigenvalue weighted by atomic mass is 16.5. The number of aromatic nitrogens is 2. The molecule has 8 nitrogen and oxygen atoms in total. The number of carbonyl (C=O) groups excluding carboxylic acids is 2. The summed E-state index contributed by atoms with van der Waals surface area (Å²) in [5.74, 6) is 1.99. The summed E-state index contributed by atoms with van der Waals surface area (Å²) in [7, 11) is 4.70. The van der Waals surface area contributed by atoms with Gasteiger partial charge in [0.2, 0.25) is 0 Å². The average molecular weight is 500 g/mol. The first-order valence-corrected chi connectivity index (χ1v) is 11.5. The average Bonchev–Trinajstić information content (AvgIpc) is 2.97. The number of nitrogens with one attached hydrogen (secondary N) is 1. The van der Waals surface area contributed by atoms with E-state index in [-0.39, 0.29) is 6.01 Å². The molecule has 0 aliphatic carbocycles. The largest absolute Gasteiger partial charge is 0.497 e. The van der Waals surface area contributed by atoms with Crippen molar-refractivity contribution in [3.8, 4) is 28.8 Å². The normalized spacial score (nSPS) is 9.92. The number of rotatable bonds is 10. The van der Waals surface area contributed by atoms with Gasteiger partial charge >= 0.3 is 6.01 Å². The molecule has 0 saturated carbocycles. The predicted molar refractivity (Wildman–Crippen MR) is 143 cm³/mol. The third-order valence-electron chi connectivity index (χ3n) is 5.36. The molecule has 8 heteroatoms. The molecule has 0 amide bonds. The molecular weight excluding hydrogens is 470 g/mol. The van der Waals surface area contributed by atoms with E-state index >= 15 is 0 Å². The predicted octanol–water partition coefficient (Wildman–Crippen LogP) is 5.14. The number of hydrogen-bond donors (Lipinski definition) is 1. The molecule has 3 aromatic carbocycles. The zero-order chi connectivity index (χ0) is 26.5. The first-order chi connectivity index (χ1) is 18.1. The van der Waals surface area contributed by atoms with E-state index in [2.05, 4.69) is 15.3 Å². The van der Waals surface area contributed by atoms with Gasteiger partial charge in [-0.05, 0) is 42.3 Å². The Morgan fingerprint density at radius 2 is 1.54 bits per heavy atom. The van der Waals surface area contributed by atoms with E-state index in [1.165, 1.54) is 19.8 Å². The Hall–Kier alpha value is -4.72. The van der Waals surface area contributed by atoms with Gasteiger partial charge in [-0.1, -0.05) is 42.5 Å². The lowest BCUT2D eigenvalue weighted by Gasteiger charge is -2.11. The number of nitrogens with zero attached hydrogens (tertiary/aromatic N) is 2. The SMILES string of the molecule is COc1ccc(CCNc2cc(-c3ccc(OC)c(C=O)c3)nc(OC)n2)cc1.O=Cc1ccccc1. The number of carbonyl (C=O) groups is 2. The van der Waals surface area contributed by atoms with E-state index < -0.39 is 0 Å². The Bertz CT molecular complexity index is 1290. The fourth-order valence-corrected chi connectivity index (χ4v) is 3.40. The number of ether oxygens (including phenoxy) is 3. The fraction of sp³-hybridized carbons (Fsp3) is 0.172. The molecule has 4 aromatic rings. The Kier molecular flexibility index (Phi) is 10.2. The second-order valence-corrected chi connectivity index (χ2v) is 7.75. The van der Waals surface area contributed by atoms with Crippen molar-refractivity contribution in [3.63, 3.8) is 0 Å². The molecule has 0 spiro atoms. The van der Waals surface area contributed by atoms with Gasteiger partial charge in [-0.2, -0.15) is 9.97 Å². The van der Waals surface area contributed by atoms with Crippen LogP contribution in [0.5, 0.6) is 17.5 Å². The van der Waals surface area contributed by atoms with Crippen molar-refractivity contribution >= 4 is 18.4 Å². The van der Waals surface area contributed by atoms with E-state index in [4.69, 9.17) is 14.2 Å². The van der Waals surface area contributed by atoms with Crippen molar-refractivity contribution in [2.24, 2.45) is 0 Å². The molecule has 0 aliphatic rings. The smallest absolute Gasteiger partial charge is 0.318 e. The van der Waals surface area contributed by atoms with Gasteiger partial charge in [0.15, 0.2) is 6.29 Å². The molecule has 0 saturated heterocycles. The summed E-state index contributed by atoms with van der Waals surface area (Å²) < 4.78 is 15.6. The van der Waals surface area contributed by atoms with Gasteiger partial charge in [0.25, 0.3) is 0 Å². The first kappa shape index (κ1) is 26.9. The number of benzene rings is 3. The summed E-state index contributed by atoms with van der Waals surface area (Å²) in [6.07, 6.45) is 2.41. The van der Waals surface area contributed by atoms with Crippen LogP contribution in [0.3, 0.4) is 0 Å². The Morgan fingerprint density at radius 3 is 2.14 bits per heavy atom. The van der Waals surface area contributed by atoms with Crippen LogP contribution in [0, 0.1) is 0 Å². The Labute approximate surface area is 216 Å². The second kappa shape index (κ2) is 14.0. The molecule has 1 N–H and O–H groups in total. The van der Waals surface area contributed by atoms with Crippen LogP contribution in [0.1, 0.15) is 26.3 Å². The van der Waals surface area contributed by atoms with E-state index in [9.17, 15) is 9.59 Å². The quantitative estimate of drug-likeness (QED) is 0.300. The van der Waals surface area contributed by atoms with Crippen LogP contribution in [-0.4, -0.2) is 50.4 Å². The van der Waals surface area contributed by atoms with Gasteiger partial charge < -0.3 is 19.5 Å². The monoisotopic (exact) mass is 499 g/mol. The van der Waals surface area contributed by atoms with Crippen molar-refractivity contribution in [1.29, 1.82) is 0 Å². The summed E-state index contributed by atoms with van der Waals surface area (Å²) in [6, 6.07) is 24.4. The standard InChI is InChI=1S/C22H23N3O4.C7H6O/c1-27-18-7-4-15(5-8-18)10-11-23-21-13-19(24-22(25-21)29-3)16-6-9-20(28-2)17(12-16)14-26;8-6-7-4-2-1-3-5-7/h4-9,12-14H,10-11H2,1-3H3,(H,23,24,25);1-6H. The lowest BCUT2D eigenvalue weighted by atomic mass is 10.1. The third-order valence-corrected chi connectivity index (χ3v) is 5.36. The fourth-order valence-electron chi connectivity index (χ4n) is 3.40. The van der Waals surface area contributed by atoms with Crippen LogP contribution < -0.4 is 19.5 Å². The number of anilines is 1. The van der Waals surface area contributed by atoms with Crippen LogP contribution in [-0.2, 0) is 6.42 Å². The van der Waals surface area contributed by atoms with Gasteiger partial charge in [-0.3, -0.25) is 9.59 Å². The molecule has 0 fully saturated rings. The van der Waals surface area contributed by atoms with E-state index in [1.54, 1.807) is 31.4 Å². The molecule has 0 unspecified atom stereocenters. The summed E-state index contributed by atoms with van der Waals surface area (Å²) in [4.78, 5) is 30.1. The van der Waals surface area contributed by atoms with Gasteiger partial charge in [0.1, 0.15) is 23.6 Å². The molecule has 0 bridgehead atoms. The highest BCUT2D eigenvalue weighted by molar-refractivity contribution is 5.82. The maximum Gasteiger partial charge on any atom is 0.318 e. The van der Waals surface area contributed by atoms with Crippen molar-refractivity contribution in [3.05, 3.63) is 95.6 Å². The van der Waals surface area contributed by atoms with Crippen molar-refractivity contribution < 1.29 is 23.8 Å². The van der Waals surface area contributed by atoms with Crippen molar-refractivity contribution in [2.45, 2.75) is 6.42 Å². The number of hydrogen-bond acceptors (Lipinski definition) is 8. The zero-order valence-electron chi connectivity index (χ0n) is 21.0. The Balaban J connectivity index is 0.000000405. The van der Waals surface area contributed by atoms with Crippen LogP contribution in [0.15, 0.2) is 78.9 Å². The van der Waals surface area contributed by atoms with E-state index in [0.717, 1.165) is 35.9 Å². The number of aldehydes is 2. The van der Waals surface area contributed by atoms with E-state index in [1.807, 2.05) is 54.6 Å². The molecule has 0 radical (unpaired) electrons. The third kappa shape index (κ3) is 7.90. The maximum absolute atomic E-state index is 11.3. The molecule has 1 aromatic heterocycles. The summed E-state index contributed by atoms with van der Waals surface area (Å²) in [6.45, 7) is 0.689. The highest BCUT2D eigenvalue weighted by Gasteiger charge is 2.10. The van der Waals surface area contributed by atoms with Crippen LogP contribution in [0.4, 0.5) is 5.82 Å². The van der Waals surface area contributed by atoms with Crippen LogP contribution >= 0.6 is 0 Å². The van der Waals surface area contributed by atoms with Crippen LogP contribution in [0.2, 0.25) is 0 Å². The highest BCUT2D eigenvalue weighted by Crippen LogP contribution is 2.27. The second-order valence-electron chi connectivity index (χ2n) is 7.75. The minimum absolute atomic E-state index is 0.248. The lowest BCUT2D eigenvalue weighted by Crippen LogP contribution is -2.08. The zero-order valence-corrected chi connectivity index (χ0v) is 21.0. The van der Waals surface area contributed by atoms with E-state index in [0.29, 0.717) is 29.4 Å². The molecular formula is C29H29N3O5. The summed E-state index contributed by atoms with van der Waals surface area (Å²) >= 11 is 0. The topological polar surface area (TPSA) is 99.6 Å². The molecule has 37 heavy (non-hydrogen) atoms. The summed E-state index contributed by atoms with van der Waals surface area (Å²) in [5, 5.41) is 3.30. The van der Waals surface area contributed by atoms with Crippen LogP contribution in [0.25, 0.3) is 11.3 Å². The molecule has 4 rings (SSSR count). The van der Waals surface area contributed by atoms with Gasteiger partial charge in [0, 0.05) is 23.7 Å². The maximum atomic E-state index is 11.3. The number of methoxy groups -OCH3 is 3. The van der Waals surface area contributed by atoms with Gasteiger partial charge in [0.05, 0.1) is 32.6 Å². The summed E-state index contributed by atoms with van der Waals surface area (Å²) in [5.41, 5.74) is 3.79. The minimum Gasteiger partial charge on any atom is -0.497 e. The molecule has 190 valence electrons. The van der Waals surface area contributed by atoms with Crippen molar-refractivity contribution in [2.75, 3.05) is 33.2 Å². The molecule has 0 atom stereocenters. The van der Waals surface area contributed by atoms with Gasteiger partial charge in [-0.25, -0.2) is 0 Å². The minimum atomic E-state index is 0.248. The van der Waals surface area contributed by atoms with Gasteiger partial charge in [-0.15, -0.1) is 0 Å². The molecule has 1 heterocycles. The Morgan fingerprint density at radius 1 is 0.784 bits per heavy atom. The van der Waals surface area contributed by atoms with Crippen molar-refractivity contribution in [1.82, 2.24) is 9.97 Å². The molecule has 0 aliphatic heterocycles. The first-order valence-electron chi connectivity index (χ1n) is 11.5.